The summed E-state index contributed by atoms with van der Waals surface area (Å²) in [5, 5.41) is 17.1. The molecular weight excluding hydrogens is 601 g/mol. The fourth-order valence-corrected chi connectivity index (χ4v) is 7.49. The molecule has 4 aromatic rings. The van der Waals surface area contributed by atoms with Gasteiger partial charge in [-0.05, 0) is 94.8 Å². The van der Waals surface area contributed by atoms with Crippen LogP contribution in [0, 0.1) is 17.2 Å². The molecule has 5 rings (SSSR count). The van der Waals surface area contributed by atoms with Gasteiger partial charge >= 0.3 is 0 Å². The van der Waals surface area contributed by atoms with Gasteiger partial charge in [0, 0.05) is 40.6 Å². The molecule has 0 amide bonds. The number of nitrogens with zero attached hydrogens (tertiary/aromatic N) is 3. The molecule has 1 unspecified atom stereocenters. The van der Waals surface area contributed by atoms with Crippen molar-refractivity contribution in [3.05, 3.63) is 96.5 Å². The largest absolute Gasteiger partial charge is 0.317 e. The van der Waals surface area contributed by atoms with Crippen LogP contribution in [0.3, 0.4) is 0 Å². The van der Waals surface area contributed by atoms with Gasteiger partial charge in [0.25, 0.3) is 0 Å². The number of rotatable bonds is 19. The molecule has 258 valence electrons. The number of piperidine rings is 1. The molecule has 1 atom stereocenters. The number of carbonyl (C=O) groups is 1. The van der Waals surface area contributed by atoms with Crippen LogP contribution in [0.15, 0.2) is 85.2 Å². The maximum absolute atomic E-state index is 13.5. The Morgan fingerprint density at radius 2 is 1.57 bits per heavy atom. The zero-order valence-corrected chi connectivity index (χ0v) is 29.7. The van der Waals surface area contributed by atoms with Crippen LogP contribution >= 0.6 is 0 Å². The number of unbranched alkanes of at least 4 members (excludes halogenated alkanes) is 9. The molecule has 5 nitrogen and oxygen atoms in total. The fourth-order valence-electron chi connectivity index (χ4n) is 7.49. The van der Waals surface area contributed by atoms with E-state index in [0.717, 1.165) is 80.9 Å². The number of hydrogen-bond donors (Lipinski definition) is 1. The standard InChI is InChI=1S/C44H56N4O/c1-2-3-4-5-6-7-8-9-10-11-13-21-36(43-39-24-17-16-20-35(39)29-32-47-43)22-14-12-15-23-38(33-45)41-34-48(42-26-19-18-25-40(41)42)44(49)37-27-30-46-31-28-37/h9-10,16-20,23-26,29,32,34,36-37,46H,2-8,11-15,21-22,27-28,30-31H2,1H3/b10-9-,38-23+. The number of allylic oxidation sites excluding steroid dienone is 4. The number of fused-ring (bicyclic) bond motifs is 2. The van der Waals surface area contributed by atoms with E-state index in [1.54, 1.807) is 4.57 Å². The van der Waals surface area contributed by atoms with Gasteiger partial charge in [0.15, 0.2) is 0 Å². The van der Waals surface area contributed by atoms with Crippen LogP contribution in [-0.2, 0) is 0 Å². The van der Waals surface area contributed by atoms with Gasteiger partial charge in [-0.3, -0.25) is 14.3 Å². The Morgan fingerprint density at radius 3 is 2.39 bits per heavy atom. The Labute approximate surface area is 294 Å². The quantitative estimate of drug-likeness (QED) is 0.0619. The molecule has 2 aromatic carbocycles. The molecule has 0 aliphatic carbocycles. The minimum Gasteiger partial charge on any atom is -0.317 e. The first-order valence-corrected chi connectivity index (χ1v) is 19.2. The molecule has 0 bridgehead atoms. The van der Waals surface area contributed by atoms with Gasteiger partial charge in [0.05, 0.1) is 22.9 Å². The highest BCUT2D eigenvalue weighted by molar-refractivity contribution is 6.02. The summed E-state index contributed by atoms with van der Waals surface area (Å²) < 4.78 is 1.80. The van der Waals surface area contributed by atoms with Crippen molar-refractivity contribution in [2.75, 3.05) is 13.1 Å². The minimum atomic E-state index is 0.0183. The van der Waals surface area contributed by atoms with Gasteiger partial charge in [0.2, 0.25) is 5.91 Å². The molecule has 1 fully saturated rings. The molecule has 1 saturated heterocycles. The van der Waals surface area contributed by atoms with E-state index in [-0.39, 0.29) is 11.8 Å². The van der Waals surface area contributed by atoms with Crippen molar-refractivity contribution in [3.63, 3.8) is 0 Å². The SMILES string of the molecule is CCCCCCCC/C=C\CCCC(CCCC/C=C(\C#N)c1cn(C(=O)C2CCNCC2)c2ccccc12)c1nccc2ccccc12. The third-order valence-electron chi connectivity index (χ3n) is 10.3. The summed E-state index contributed by atoms with van der Waals surface area (Å²) in [6, 6.07) is 21.2. The molecule has 3 heterocycles. The van der Waals surface area contributed by atoms with E-state index < -0.39 is 0 Å². The summed E-state index contributed by atoms with van der Waals surface area (Å²) in [5.74, 6) is 0.573. The molecule has 5 heteroatoms. The number of nitriles is 1. The van der Waals surface area contributed by atoms with E-state index in [4.69, 9.17) is 4.98 Å². The van der Waals surface area contributed by atoms with Crippen molar-refractivity contribution in [2.45, 2.75) is 116 Å². The molecule has 2 aromatic heterocycles. The van der Waals surface area contributed by atoms with Gasteiger partial charge < -0.3 is 5.32 Å². The highest BCUT2D eigenvalue weighted by atomic mass is 16.2. The summed E-state index contributed by atoms with van der Waals surface area (Å²) in [6.07, 6.45) is 29.2. The number of nitrogens with one attached hydrogen (secondary N) is 1. The smallest absolute Gasteiger partial charge is 0.234 e. The lowest BCUT2D eigenvalue weighted by Crippen LogP contribution is -2.33. The van der Waals surface area contributed by atoms with Crippen LogP contribution in [-0.4, -0.2) is 28.5 Å². The van der Waals surface area contributed by atoms with Crippen LogP contribution in [0.2, 0.25) is 0 Å². The van der Waals surface area contributed by atoms with Gasteiger partial charge in [-0.25, -0.2) is 0 Å². The van der Waals surface area contributed by atoms with Gasteiger partial charge in [-0.1, -0.05) is 106 Å². The second-order valence-electron chi connectivity index (χ2n) is 13.9. The molecule has 0 radical (unpaired) electrons. The van der Waals surface area contributed by atoms with Gasteiger partial charge in [-0.15, -0.1) is 0 Å². The Kier molecular flexibility index (Phi) is 14.7. The monoisotopic (exact) mass is 656 g/mol. The van der Waals surface area contributed by atoms with Crippen LogP contribution in [0.4, 0.5) is 0 Å². The molecular formula is C44H56N4O. The molecule has 1 N–H and O–H groups in total. The number of aromatic nitrogens is 2. The summed E-state index contributed by atoms with van der Waals surface area (Å²) in [7, 11) is 0. The van der Waals surface area contributed by atoms with Crippen molar-refractivity contribution in [3.8, 4) is 6.07 Å². The van der Waals surface area contributed by atoms with Crippen LogP contribution in [0.1, 0.15) is 132 Å². The van der Waals surface area contributed by atoms with E-state index in [1.165, 1.54) is 67.8 Å². The third kappa shape index (κ3) is 10.2. The Hall–Kier alpha value is -4.01. The molecule has 49 heavy (non-hydrogen) atoms. The lowest BCUT2D eigenvalue weighted by Gasteiger charge is -2.21. The van der Waals surface area contributed by atoms with Crippen molar-refractivity contribution in [1.29, 1.82) is 5.26 Å². The average Bonchev–Trinajstić information content (AvgIpc) is 3.53. The van der Waals surface area contributed by atoms with Crippen LogP contribution < -0.4 is 5.32 Å². The topological polar surface area (TPSA) is 70.7 Å². The second kappa shape index (κ2) is 19.9. The molecule has 0 saturated carbocycles. The summed E-state index contributed by atoms with van der Waals surface area (Å²) in [4.78, 5) is 18.4. The highest BCUT2D eigenvalue weighted by Crippen LogP contribution is 2.33. The summed E-state index contributed by atoms with van der Waals surface area (Å²) in [6.45, 7) is 4.02. The summed E-state index contributed by atoms with van der Waals surface area (Å²) in [5.41, 5.74) is 3.65. The lowest BCUT2D eigenvalue weighted by molar-refractivity contribution is 0.0813. The van der Waals surface area contributed by atoms with E-state index in [9.17, 15) is 10.1 Å². The first-order valence-electron chi connectivity index (χ1n) is 19.2. The number of para-hydroxylation sites is 1. The lowest BCUT2D eigenvalue weighted by atomic mass is 9.89. The van der Waals surface area contributed by atoms with Crippen molar-refractivity contribution >= 4 is 33.2 Å². The normalized spacial score (nSPS) is 14.9. The van der Waals surface area contributed by atoms with Crippen molar-refractivity contribution in [1.82, 2.24) is 14.9 Å². The molecule has 1 aliphatic rings. The zero-order chi connectivity index (χ0) is 34.1. The molecule has 1 aliphatic heterocycles. The first kappa shape index (κ1) is 36.3. The number of carbonyl (C=O) groups excluding carboxylic acids is 1. The van der Waals surface area contributed by atoms with E-state index >= 15 is 0 Å². The predicted octanol–water partition coefficient (Wildman–Crippen LogP) is 11.6. The second-order valence-corrected chi connectivity index (χ2v) is 13.9. The number of hydrogen-bond acceptors (Lipinski definition) is 4. The Bertz CT molecular complexity index is 1710. The van der Waals surface area contributed by atoms with Gasteiger partial charge in [0.1, 0.15) is 0 Å². The average molecular weight is 657 g/mol. The molecule has 0 spiro atoms. The fraction of sp³-hybridized carbons (Fsp3) is 0.477. The highest BCUT2D eigenvalue weighted by Gasteiger charge is 2.25. The summed E-state index contributed by atoms with van der Waals surface area (Å²) >= 11 is 0. The Balaban J connectivity index is 1.19. The maximum atomic E-state index is 13.5. The first-order chi connectivity index (χ1) is 24.2. The maximum Gasteiger partial charge on any atom is 0.234 e. The van der Waals surface area contributed by atoms with Crippen molar-refractivity contribution in [2.24, 2.45) is 5.92 Å². The minimum absolute atomic E-state index is 0.0183. The van der Waals surface area contributed by atoms with Crippen LogP contribution in [0.25, 0.3) is 27.2 Å². The third-order valence-corrected chi connectivity index (χ3v) is 10.3. The number of pyridine rings is 1. The predicted molar refractivity (Wildman–Crippen MR) is 206 cm³/mol. The Morgan fingerprint density at radius 1 is 0.878 bits per heavy atom. The zero-order valence-electron chi connectivity index (χ0n) is 29.7. The van der Waals surface area contributed by atoms with E-state index in [0.29, 0.717) is 11.5 Å². The number of benzene rings is 2. The van der Waals surface area contributed by atoms with Crippen molar-refractivity contribution < 1.29 is 4.79 Å². The van der Waals surface area contributed by atoms with Gasteiger partial charge in [-0.2, -0.15) is 5.26 Å². The van der Waals surface area contributed by atoms with E-state index in [2.05, 4.69) is 66.9 Å². The van der Waals surface area contributed by atoms with Crippen LogP contribution in [0.5, 0.6) is 0 Å². The van der Waals surface area contributed by atoms with E-state index in [1.807, 2.05) is 36.7 Å².